The predicted octanol–water partition coefficient (Wildman–Crippen LogP) is 3.20. The third-order valence-electron chi connectivity index (χ3n) is 3.31. The predicted molar refractivity (Wildman–Crippen MR) is 90.5 cm³/mol. The van der Waals surface area contributed by atoms with Gasteiger partial charge in [0.1, 0.15) is 0 Å². The zero-order chi connectivity index (χ0) is 15.2. The van der Waals surface area contributed by atoms with E-state index in [9.17, 15) is 0 Å². The molecule has 2 aromatic carbocycles. The van der Waals surface area contributed by atoms with Crippen molar-refractivity contribution in [2.45, 2.75) is 17.5 Å². The standard InChI is InChI=1S/C17H18N4S/c18-11-12-21-16(15-9-5-2-6-10-15)19-20-17(21)22-13-14-7-3-1-4-8-14/h1-10H,11-13,18H2. The lowest BCUT2D eigenvalue weighted by Gasteiger charge is -2.08. The van der Waals surface area contributed by atoms with Crippen molar-refractivity contribution >= 4 is 11.8 Å². The second-order valence-electron chi connectivity index (χ2n) is 4.89. The summed E-state index contributed by atoms with van der Waals surface area (Å²) in [7, 11) is 0. The summed E-state index contributed by atoms with van der Waals surface area (Å²) in [5.74, 6) is 1.75. The van der Waals surface area contributed by atoms with Gasteiger partial charge in [-0.15, -0.1) is 10.2 Å². The van der Waals surface area contributed by atoms with Crippen LogP contribution in [0.5, 0.6) is 0 Å². The van der Waals surface area contributed by atoms with Crippen molar-refractivity contribution in [2.75, 3.05) is 6.54 Å². The van der Waals surface area contributed by atoms with Crippen LogP contribution in [0.1, 0.15) is 5.56 Å². The Balaban J connectivity index is 1.84. The molecule has 3 aromatic rings. The second kappa shape index (κ2) is 7.24. The van der Waals surface area contributed by atoms with Crippen LogP contribution in [0.2, 0.25) is 0 Å². The van der Waals surface area contributed by atoms with Gasteiger partial charge in [0.2, 0.25) is 0 Å². The molecule has 4 nitrogen and oxygen atoms in total. The van der Waals surface area contributed by atoms with Crippen molar-refractivity contribution in [1.29, 1.82) is 0 Å². The third-order valence-corrected chi connectivity index (χ3v) is 4.35. The second-order valence-corrected chi connectivity index (χ2v) is 5.83. The summed E-state index contributed by atoms with van der Waals surface area (Å²) in [5, 5.41) is 9.61. The van der Waals surface area contributed by atoms with Gasteiger partial charge in [0.25, 0.3) is 0 Å². The number of hydrogen-bond donors (Lipinski definition) is 1. The molecule has 0 saturated carbocycles. The lowest BCUT2D eigenvalue weighted by molar-refractivity contribution is 0.649. The summed E-state index contributed by atoms with van der Waals surface area (Å²) < 4.78 is 2.10. The van der Waals surface area contributed by atoms with E-state index in [1.54, 1.807) is 11.8 Å². The summed E-state index contributed by atoms with van der Waals surface area (Å²) in [6.45, 7) is 1.28. The Hall–Kier alpha value is -2.11. The number of hydrogen-bond acceptors (Lipinski definition) is 4. The van der Waals surface area contributed by atoms with E-state index < -0.39 is 0 Å². The molecule has 0 saturated heterocycles. The molecule has 0 amide bonds. The van der Waals surface area contributed by atoms with Gasteiger partial charge in [0, 0.05) is 24.4 Å². The fraction of sp³-hybridized carbons (Fsp3) is 0.176. The summed E-state index contributed by atoms with van der Waals surface area (Å²) in [4.78, 5) is 0. The molecular formula is C17H18N4S. The van der Waals surface area contributed by atoms with Crippen molar-refractivity contribution in [3.63, 3.8) is 0 Å². The van der Waals surface area contributed by atoms with Gasteiger partial charge < -0.3 is 10.3 Å². The average Bonchev–Trinajstić information content (AvgIpc) is 2.98. The Bertz CT molecular complexity index is 710. The van der Waals surface area contributed by atoms with Gasteiger partial charge in [0.15, 0.2) is 11.0 Å². The van der Waals surface area contributed by atoms with Gasteiger partial charge in [-0.1, -0.05) is 72.4 Å². The number of nitrogens with two attached hydrogens (primary N) is 1. The molecule has 0 bridgehead atoms. The average molecular weight is 310 g/mol. The molecule has 0 unspecified atom stereocenters. The van der Waals surface area contributed by atoms with E-state index in [1.807, 2.05) is 36.4 Å². The van der Waals surface area contributed by atoms with Crippen molar-refractivity contribution < 1.29 is 0 Å². The van der Waals surface area contributed by atoms with Crippen LogP contribution in [0.25, 0.3) is 11.4 Å². The molecule has 5 heteroatoms. The monoisotopic (exact) mass is 310 g/mol. The minimum atomic E-state index is 0.566. The van der Waals surface area contributed by atoms with E-state index in [-0.39, 0.29) is 0 Å². The molecule has 0 atom stereocenters. The first-order valence-corrected chi connectivity index (χ1v) is 8.22. The summed E-state index contributed by atoms with van der Waals surface area (Å²) in [6.07, 6.45) is 0. The summed E-state index contributed by atoms with van der Waals surface area (Å²) >= 11 is 1.69. The lowest BCUT2D eigenvalue weighted by Crippen LogP contribution is -2.12. The highest BCUT2D eigenvalue weighted by Gasteiger charge is 2.13. The molecular weight excluding hydrogens is 292 g/mol. The minimum absolute atomic E-state index is 0.566. The lowest BCUT2D eigenvalue weighted by atomic mass is 10.2. The summed E-state index contributed by atoms with van der Waals surface area (Å²) in [6, 6.07) is 20.5. The van der Waals surface area contributed by atoms with Gasteiger partial charge in [-0.3, -0.25) is 0 Å². The Morgan fingerprint density at radius 1 is 0.909 bits per heavy atom. The zero-order valence-corrected chi connectivity index (χ0v) is 13.0. The normalized spacial score (nSPS) is 10.8. The van der Waals surface area contributed by atoms with Crippen molar-refractivity contribution in [3.05, 3.63) is 66.2 Å². The largest absolute Gasteiger partial charge is 0.329 e. The van der Waals surface area contributed by atoms with Crippen LogP contribution < -0.4 is 5.73 Å². The van der Waals surface area contributed by atoms with E-state index in [4.69, 9.17) is 5.73 Å². The van der Waals surface area contributed by atoms with E-state index in [0.29, 0.717) is 13.1 Å². The Labute approximate surface area is 134 Å². The molecule has 0 aliphatic rings. The molecule has 1 heterocycles. The first kappa shape index (κ1) is 14.8. The SMILES string of the molecule is NCCn1c(SCc2ccccc2)nnc1-c1ccccc1. The van der Waals surface area contributed by atoms with Crippen LogP contribution >= 0.6 is 11.8 Å². The highest BCUT2D eigenvalue weighted by Crippen LogP contribution is 2.26. The molecule has 0 radical (unpaired) electrons. The molecule has 0 fully saturated rings. The van der Waals surface area contributed by atoms with Gasteiger partial charge in [-0.05, 0) is 5.56 Å². The van der Waals surface area contributed by atoms with E-state index >= 15 is 0 Å². The molecule has 112 valence electrons. The number of benzene rings is 2. The van der Waals surface area contributed by atoms with Crippen LogP contribution in [-0.2, 0) is 12.3 Å². The van der Waals surface area contributed by atoms with E-state index in [0.717, 1.165) is 22.3 Å². The Morgan fingerprint density at radius 2 is 1.59 bits per heavy atom. The minimum Gasteiger partial charge on any atom is -0.329 e. The number of aromatic nitrogens is 3. The first-order valence-electron chi connectivity index (χ1n) is 7.24. The topological polar surface area (TPSA) is 56.7 Å². The highest BCUT2D eigenvalue weighted by atomic mass is 32.2. The smallest absolute Gasteiger partial charge is 0.191 e. The number of thioether (sulfide) groups is 1. The molecule has 0 aliphatic heterocycles. The Morgan fingerprint density at radius 3 is 2.27 bits per heavy atom. The molecule has 0 spiro atoms. The number of nitrogens with zero attached hydrogens (tertiary/aromatic N) is 3. The maximum Gasteiger partial charge on any atom is 0.191 e. The highest BCUT2D eigenvalue weighted by molar-refractivity contribution is 7.98. The maximum absolute atomic E-state index is 5.76. The summed E-state index contributed by atoms with van der Waals surface area (Å²) in [5.41, 5.74) is 8.10. The fourth-order valence-corrected chi connectivity index (χ4v) is 3.17. The van der Waals surface area contributed by atoms with E-state index in [1.165, 1.54) is 5.56 Å². The van der Waals surface area contributed by atoms with Gasteiger partial charge in [-0.25, -0.2) is 0 Å². The third kappa shape index (κ3) is 3.37. The van der Waals surface area contributed by atoms with Crippen LogP contribution in [0.4, 0.5) is 0 Å². The zero-order valence-electron chi connectivity index (χ0n) is 12.2. The van der Waals surface area contributed by atoms with Crippen LogP contribution in [0.15, 0.2) is 65.8 Å². The fourth-order valence-electron chi connectivity index (χ4n) is 2.25. The van der Waals surface area contributed by atoms with Gasteiger partial charge in [-0.2, -0.15) is 0 Å². The van der Waals surface area contributed by atoms with Gasteiger partial charge in [0.05, 0.1) is 0 Å². The van der Waals surface area contributed by atoms with Crippen LogP contribution in [-0.4, -0.2) is 21.3 Å². The van der Waals surface area contributed by atoms with Crippen LogP contribution in [0.3, 0.4) is 0 Å². The van der Waals surface area contributed by atoms with E-state index in [2.05, 4.69) is 39.0 Å². The molecule has 22 heavy (non-hydrogen) atoms. The molecule has 2 N–H and O–H groups in total. The molecule has 1 aromatic heterocycles. The first-order chi connectivity index (χ1) is 10.9. The quantitative estimate of drug-likeness (QED) is 0.710. The van der Waals surface area contributed by atoms with Gasteiger partial charge >= 0.3 is 0 Å². The molecule has 0 aliphatic carbocycles. The van der Waals surface area contributed by atoms with Crippen molar-refractivity contribution in [3.8, 4) is 11.4 Å². The van der Waals surface area contributed by atoms with Crippen molar-refractivity contribution in [1.82, 2.24) is 14.8 Å². The van der Waals surface area contributed by atoms with Crippen LogP contribution in [0, 0.1) is 0 Å². The Kier molecular flexibility index (Phi) is 4.88. The van der Waals surface area contributed by atoms with Crippen molar-refractivity contribution in [2.24, 2.45) is 5.73 Å². The maximum atomic E-state index is 5.76. The molecule has 3 rings (SSSR count). The number of rotatable bonds is 6.